The topological polar surface area (TPSA) is 49.8 Å². The van der Waals surface area contributed by atoms with Crippen LogP contribution in [-0.2, 0) is 6.54 Å². The average Bonchev–Trinajstić information content (AvgIpc) is 2.86. The molecule has 0 saturated carbocycles. The summed E-state index contributed by atoms with van der Waals surface area (Å²) in [4.78, 5) is 8.71. The zero-order valence-corrected chi connectivity index (χ0v) is 18.4. The van der Waals surface area contributed by atoms with Crippen molar-refractivity contribution >= 4 is 39.7 Å². The van der Waals surface area contributed by atoms with Gasteiger partial charge in [0.25, 0.3) is 0 Å². The summed E-state index contributed by atoms with van der Waals surface area (Å²) in [5, 5.41) is 7.58. The number of nitrogens with one attached hydrogen (secondary N) is 2. The molecular formula is C27H20ClFN4. The van der Waals surface area contributed by atoms with Crippen molar-refractivity contribution in [1.82, 2.24) is 9.97 Å². The van der Waals surface area contributed by atoms with Crippen molar-refractivity contribution in [1.29, 1.82) is 0 Å². The van der Waals surface area contributed by atoms with Crippen LogP contribution in [0.4, 0.5) is 21.6 Å². The van der Waals surface area contributed by atoms with Gasteiger partial charge < -0.3 is 10.6 Å². The molecule has 0 atom stereocenters. The van der Waals surface area contributed by atoms with Gasteiger partial charge in [0.2, 0.25) is 0 Å². The van der Waals surface area contributed by atoms with E-state index in [0.29, 0.717) is 18.1 Å². The van der Waals surface area contributed by atoms with E-state index in [4.69, 9.17) is 11.6 Å². The summed E-state index contributed by atoms with van der Waals surface area (Å²) in [6, 6.07) is 29.3. The Bertz CT molecular complexity index is 1410. The summed E-state index contributed by atoms with van der Waals surface area (Å²) < 4.78 is 13.5. The Balaban J connectivity index is 1.33. The summed E-state index contributed by atoms with van der Waals surface area (Å²) in [7, 11) is 0. The number of hydrogen-bond acceptors (Lipinski definition) is 4. The number of halogens is 2. The van der Waals surface area contributed by atoms with Crippen LogP contribution in [0, 0.1) is 5.82 Å². The van der Waals surface area contributed by atoms with E-state index in [9.17, 15) is 4.39 Å². The molecular weight excluding hydrogens is 435 g/mol. The number of benzene rings is 4. The fourth-order valence-electron chi connectivity index (χ4n) is 3.63. The molecule has 0 aliphatic heterocycles. The molecule has 2 N–H and O–H groups in total. The lowest BCUT2D eigenvalue weighted by atomic mass is 10.0. The maximum absolute atomic E-state index is 13.5. The Hall–Kier alpha value is -3.96. The van der Waals surface area contributed by atoms with Crippen LogP contribution in [0.5, 0.6) is 0 Å². The van der Waals surface area contributed by atoms with Crippen LogP contribution in [0.3, 0.4) is 0 Å². The van der Waals surface area contributed by atoms with Crippen LogP contribution >= 0.6 is 11.6 Å². The van der Waals surface area contributed by atoms with Gasteiger partial charge in [0, 0.05) is 23.3 Å². The normalized spacial score (nSPS) is 10.8. The Kier molecular flexibility index (Phi) is 5.87. The highest BCUT2D eigenvalue weighted by atomic mass is 35.5. The van der Waals surface area contributed by atoms with E-state index in [1.165, 1.54) is 35.2 Å². The highest BCUT2D eigenvalue weighted by molar-refractivity contribution is 6.31. The highest BCUT2D eigenvalue weighted by Gasteiger charge is 2.08. The number of hydrogen-bond donors (Lipinski definition) is 2. The van der Waals surface area contributed by atoms with Gasteiger partial charge in [-0.25, -0.2) is 14.4 Å². The molecule has 1 heterocycles. The van der Waals surface area contributed by atoms with E-state index < -0.39 is 5.82 Å². The molecule has 5 aromatic rings. The van der Waals surface area contributed by atoms with Crippen molar-refractivity contribution in [3.63, 3.8) is 0 Å². The minimum absolute atomic E-state index is 0.0546. The monoisotopic (exact) mass is 454 g/mol. The van der Waals surface area contributed by atoms with Gasteiger partial charge in [0.1, 0.15) is 18.0 Å². The molecule has 0 amide bonds. The molecule has 4 nitrogen and oxygen atoms in total. The van der Waals surface area contributed by atoms with Gasteiger partial charge in [0.05, 0.1) is 10.5 Å². The zero-order chi connectivity index (χ0) is 22.6. The Morgan fingerprint density at radius 3 is 2.30 bits per heavy atom. The highest BCUT2D eigenvalue weighted by Crippen LogP contribution is 2.28. The summed E-state index contributed by atoms with van der Waals surface area (Å²) >= 11 is 5.91. The van der Waals surface area contributed by atoms with Gasteiger partial charge in [-0.3, -0.25) is 0 Å². The van der Waals surface area contributed by atoms with Crippen molar-refractivity contribution in [2.24, 2.45) is 0 Å². The lowest BCUT2D eigenvalue weighted by molar-refractivity contribution is 0.628. The lowest BCUT2D eigenvalue weighted by Crippen LogP contribution is -2.01. The van der Waals surface area contributed by atoms with E-state index >= 15 is 0 Å². The van der Waals surface area contributed by atoms with Crippen molar-refractivity contribution in [3.05, 3.63) is 114 Å². The van der Waals surface area contributed by atoms with E-state index in [1.54, 1.807) is 6.07 Å². The molecule has 0 saturated heterocycles. The van der Waals surface area contributed by atoms with Gasteiger partial charge in [-0.2, -0.15) is 0 Å². The number of anilines is 3. The van der Waals surface area contributed by atoms with Crippen LogP contribution in [0.2, 0.25) is 5.02 Å². The van der Waals surface area contributed by atoms with E-state index in [2.05, 4.69) is 57.0 Å². The third kappa shape index (κ3) is 4.78. The number of aromatic nitrogens is 2. The third-order valence-electron chi connectivity index (χ3n) is 5.38. The quantitative estimate of drug-likeness (QED) is 0.280. The van der Waals surface area contributed by atoms with Gasteiger partial charge in [-0.05, 0) is 53.1 Å². The first-order chi connectivity index (χ1) is 16.2. The fraction of sp³-hybridized carbons (Fsp3) is 0.0370. The van der Waals surface area contributed by atoms with Crippen molar-refractivity contribution in [2.75, 3.05) is 10.6 Å². The van der Waals surface area contributed by atoms with Crippen molar-refractivity contribution < 1.29 is 4.39 Å². The molecule has 6 heteroatoms. The molecule has 33 heavy (non-hydrogen) atoms. The number of fused-ring (bicyclic) bond motifs is 1. The smallest absolute Gasteiger partial charge is 0.141 e. The van der Waals surface area contributed by atoms with Gasteiger partial charge in [0.15, 0.2) is 0 Å². The SMILES string of the molecule is Fc1ccc(Nc2ncnc3ccc(NCc4ccc(-c5ccccc5)cc4)cc23)cc1Cl. The maximum Gasteiger partial charge on any atom is 0.141 e. The van der Waals surface area contributed by atoms with Gasteiger partial charge in [-0.15, -0.1) is 0 Å². The fourth-order valence-corrected chi connectivity index (χ4v) is 3.81. The summed E-state index contributed by atoms with van der Waals surface area (Å²) in [5.41, 5.74) is 5.98. The molecule has 0 aliphatic carbocycles. The third-order valence-corrected chi connectivity index (χ3v) is 5.67. The zero-order valence-electron chi connectivity index (χ0n) is 17.6. The van der Waals surface area contributed by atoms with Crippen molar-refractivity contribution in [2.45, 2.75) is 6.54 Å². The van der Waals surface area contributed by atoms with Gasteiger partial charge >= 0.3 is 0 Å². The summed E-state index contributed by atoms with van der Waals surface area (Å²) in [5.74, 6) is 0.164. The molecule has 0 radical (unpaired) electrons. The second-order valence-electron chi connectivity index (χ2n) is 7.62. The standard InChI is InChI=1S/C27H20ClFN4/c28-24-15-22(10-12-25(24)29)33-27-23-14-21(11-13-26(23)31-17-32-27)30-16-18-6-8-20(9-7-18)19-4-2-1-3-5-19/h1-15,17,30H,16H2,(H,31,32,33). The van der Waals surface area contributed by atoms with Crippen LogP contribution < -0.4 is 10.6 Å². The minimum atomic E-state index is -0.460. The number of nitrogens with zero attached hydrogens (tertiary/aromatic N) is 2. The minimum Gasteiger partial charge on any atom is -0.381 e. The first-order valence-corrected chi connectivity index (χ1v) is 10.9. The first kappa shape index (κ1) is 20.9. The van der Waals surface area contributed by atoms with E-state index in [1.807, 2.05) is 36.4 Å². The van der Waals surface area contributed by atoms with E-state index in [-0.39, 0.29) is 5.02 Å². The molecule has 0 bridgehead atoms. The lowest BCUT2D eigenvalue weighted by Gasteiger charge is -2.12. The molecule has 0 fully saturated rings. The van der Waals surface area contributed by atoms with Crippen LogP contribution in [-0.4, -0.2) is 9.97 Å². The first-order valence-electron chi connectivity index (χ1n) is 10.5. The molecule has 0 spiro atoms. The second kappa shape index (κ2) is 9.27. The maximum atomic E-state index is 13.5. The predicted molar refractivity (Wildman–Crippen MR) is 133 cm³/mol. The molecule has 0 unspecified atom stereocenters. The Morgan fingerprint density at radius 2 is 1.52 bits per heavy atom. The summed E-state index contributed by atoms with van der Waals surface area (Å²) in [6.45, 7) is 0.685. The van der Waals surface area contributed by atoms with Crippen LogP contribution in [0.1, 0.15) is 5.56 Å². The molecule has 5 rings (SSSR count). The molecule has 4 aromatic carbocycles. The van der Waals surface area contributed by atoms with Crippen LogP contribution in [0.25, 0.3) is 22.0 Å². The summed E-state index contributed by atoms with van der Waals surface area (Å²) in [6.07, 6.45) is 1.50. The molecule has 0 aliphatic rings. The van der Waals surface area contributed by atoms with Gasteiger partial charge in [-0.1, -0.05) is 66.2 Å². The number of rotatable bonds is 6. The predicted octanol–water partition coefficient (Wildman–Crippen LogP) is 7.45. The average molecular weight is 455 g/mol. The Labute approximate surface area is 196 Å². The molecule has 1 aromatic heterocycles. The van der Waals surface area contributed by atoms with E-state index in [0.717, 1.165) is 16.6 Å². The second-order valence-corrected chi connectivity index (χ2v) is 8.03. The van der Waals surface area contributed by atoms with Crippen molar-refractivity contribution in [3.8, 4) is 11.1 Å². The largest absolute Gasteiger partial charge is 0.381 e. The Morgan fingerprint density at radius 1 is 0.758 bits per heavy atom. The van der Waals surface area contributed by atoms with Crippen LogP contribution in [0.15, 0.2) is 97.3 Å². The molecule has 162 valence electrons.